The van der Waals surface area contributed by atoms with Crippen molar-refractivity contribution in [1.82, 2.24) is 0 Å². The van der Waals surface area contributed by atoms with Crippen molar-refractivity contribution in [1.29, 1.82) is 0 Å². The fraction of sp³-hybridized carbons (Fsp3) is 0.667. The Morgan fingerprint density at radius 2 is 2.17 bits per heavy atom. The lowest BCUT2D eigenvalue weighted by Crippen LogP contribution is -2.07. The van der Waals surface area contributed by atoms with Crippen molar-refractivity contribution >= 4 is 5.97 Å². The minimum absolute atomic E-state index is 0.0732. The molecule has 2 N–H and O–H groups in total. The fourth-order valence-electron chi connectivity index (χ4n) is 1.19. The summed E-state index contributed by atoms with van der Waals surface area (Å²) >= 11 is 0. The van der Waals surface area contributed by atoms with Crippen molar-refractivity contribution in [2.75, 3.05) is 6.61 Å². The topological polar surface area (TPSA) is 57.5 Å². The predicted molar refractivity (Wildman–Crippen MR) is 44.8 cm³/mol. The Labute approximate surface area is 71.7 Å². The van der Waals surface area contributed by atoms with Crippen LogP contribution in [0.25, 0.3) is 0 Å². The Morgan fingerprint density at radius 1 is 1.58 bits per heavy atom. The summed E-state index contributed by atoms with van der Waals surface area (Å²) in [5.74, 6) is -0.864. The molecule has 1 fully saturated rings. The Bertz CT molecular complexity index is 214. The fourth-order valence-corrected chi connectivity index (χ4v) is 1.19. The Morgan fingerprint density at radius 3 is 2.42 bits per heavy atom. The highest BCUT2D eigenvalue weighted by Crippen LogP contribution is 2.47. The molecule has 0 heterocycles. The van der Waals surface area contributed by atoms with Gasteiger partial charge >= 0.3 is 5.97 Å². The number of aliphatic hydroxyl groups is 1. The average Bonchev–Trinajstić information content (AvgIpc) is 2.80. The van der Waals surface area contributed by atoms with Gasteiger partial charge in [0.25, 0.3) is 0 Å². The van der Waals surface area contributed by atoms with Crippen LogP contribution in [0.3, 0.4) is 0 Å². The van der Waals surface area contributed by atoms with Crippen LogP contribution < -0.4 is 0 Å². The van der Waals surface area contributed by atoms with E-state index >= 15 is 0 Å². The largest absolute Gasteiger partial charge is 0.478 e. The van der Waals surface area contributed by atoms with Gasteiger partial charge in [-0.3, -0.25) is 0 Å². The summed E-state index contributed by atoms with van der Waals surface area (Å²) in [6, 6.07) is 0. The first kappa shape index (κ1) is 9.26. The third kappa shape index (κ3) is 1.85. The molecule has 1 aliphatic rings. The van der Waals surface area contributed by atoms with Crippen molar-refractivity contribution in [3.05, 3.63) is 11.6 Å². The molecule has 0 aromatic rings. The van der Waals surface area contributed by atoms with Crippen LogP contribution in [0.15, 0.2) is 11.6 Å². The van der Waals surface area contributed by atoms with Crippen LogP contribution in [0.5, 0.6) is 0 Å². The van der Waals surface area contributed by atoms with Crippen LogP contribution in [-0.2, 0) is 4.79 Å². The van der Waals surface area contributed by atoms with E-state index in [9.17, 15) is 4.79 Å². The van der Waals surface area contributed by atoms with Crippen LogP contribution >= 0.6 is 0 Å². The lowest BCUT2D eigenvalue weighted by atomic mass is 10.0. The molecule has 0 amide bonds. The summed E-state index contributed by atoms with van der Waals surface area (Å²) in [6.07, 6.45) is 4.08. The van der Waals surface area contributed by atoms with Crippen LogP contribution in [0.4, 0.5) is 0 Å². The highest BCUT2D eigenvalue weighted by molar-refractivity contribution is 5.86. The number of carboxylic acid groups (broad SMARTS) is 1. The first-order chi connectivity index (χ1) is 5.63. The Balaban J connectivity index is 2.70. The molecule has 0 aromatic carbocycles. The van der Waals surface area contributed by atoms with Crippen LogP contribution in [-0.4, -0.2) is 22.8 Å². The van der Waals surface area contributed by atoms with Gasteiger partial charge in [0.15, 0.2) is 0 Å². The van der Waals surface area contributed by atoms with Gasteiger partial charge in [0.2, 0.25) is 0 Å². The summed E-state index contributed by atoms with van der Waals surface area (Å²) < 4.78 is 0. The molecule has 1 rings (SSSR count). The molecule has 0 aliphatic heterocycles. The number of carboxylic acids is 1. The van der Waals surface area contributed by atoms with Crippen molar-refractivity contribution in [2.24, 2.45) is 5.41 Å². The van der Waals surface area contributed by atoms with E-state index in [1.807, 2.05) is 6.92 Å². The van der Waals surface area contributed by atoms with Crippen LogP contribution in [0.1, 0.15) is 26.2 Å². The minimum Gasteiger partial charge on any atom is -0.478 e. The zero-order valence-corrected chi connectivity index (χ0v) is 7.21. The molecule has 0 unspecified atom stereocenters. The minimum atomic E-state index is -0.864. The van der Waals surface area contributed by atoms with E-state index in [0.717, 1.165) is 12.8 Å². The summed E-state index contributed by atoms with van der Waals surface area (Å²) in [4.78, 5) is 10.6. The van der Waals surface area contributed by atoms with Crippen molar-refractivity contribution in [3.8, 4) is 0 Å². The number of hydrogen-bond donors (Lipinski definition) is 2. The van der Waals surface area contributed by atoms with Gasteiger partial charge < -0.3 is 10.2 Å². The molecule has 0 atom stereocenters. The van der Waals surface area contributed by atoms with Gasteiger partial charge in [-0.1, -0.05) is 13.0 Å². The number of carbonyl (C=O) groups is 1. The molecular weight excluding hydrogens is 156 g/mol. The number of rotatable bonds is 4. The summed E-state index contributed by atoms with van der Waals surface area (Å²) in [5.41, 5.74) is 0.227. The average molecular weight is 170 g/mol. The quantitative estimate of drug-likeness (QED) is 0.623. The summed E-state index contributed by atoms with van der Waals surface area (Å²) in [5, 5.41) is 17.7. The van der Waals surface area contributed by atoms with Gasteiger partial charge in [-0.25, -0.2) is 4.79 Å². The maximum atomic E-state index is 10.6. The molecule has 0 radical (unpaired) electrons. The number of aliphatic hydroxyl groups excluding tert-OH is 1. The van der Waals surface area contributed by atoms with Gasteiger partial charge in [-0.05, 0) is 19.3 Å². The molecule has 3 heteroatoms. The van der Waals surface area contributed by atoms with Gasteiger partial charge in [0.05, 0.1) is 6.61 Å². The van der Waals surface area contributed by atoms with Crippen LogP contribution in [0, 0.1) is 5.41 Å². The van der Waals surface area contributed by atoms with Crippen LogP contribution in [0.2, 0.25) is 0 Å². The standard InChI is InChI=1S/C9H14O3/c1-2-7(8(11)12)5-9(6-10)3-4-9/h5,10H,2-4,6H2,1H3,(H,11,12)/b7-5+. The lowest BCUT2D eigenvalue weighted by Gasteiger charge is -2.06. The molecule has 12 heavy (non-hydrogen) atoms. The van der Waals surface area contributed by atoms with E-state index in [0.29, 0.717) is 12.0 Å². The Hall–Kier alpha value is -0.830. The van der Waals surface area contributed by atoms with Gasteiger partial charge in [-0.2, -0.15) is 0 Å². The van der Waals surface area contributed by atoms with E-state index < -0.39 is 5.97 Å². The SMILES string of the molecule is CC/C(=C\C1(CO)CC1)C(=O)O. The second kappa shape index (κ2) is 3.27. The normalized spacial score (nSPS) is 20.7. The van der Waals surface area contributed by atoms with E-state index in [1.165, 1.54) is 0 Å². The molecule has 3 nitrogen and oxygen atoms in total. The van der Waals surface area contributed by atoms with Gasteiger partial charge in [-0.15, -0.1) is 0 Å². The highest BCUT2D eigenvalue weighted by Gasteiger charge is 2.40. The molecule has 0 saturated heterocycles. The number of hydrogen-bond acceptors (Lipinski definition) is 2. The molecule has 1 aliphatic carbocycles. The molecular formula is C9H14O3. The van der Waals surface area contributed by atoms with E-state index in [2.05, 4.69) is 0 Å². The highest BCUT2D eigenvalue weighted by atomic mass is 16.4. The summed E-state index contributed by atoms with van der Waals surface area (Å²) in [6.45, 7) is 1.89. The molecule has 0 aromatic heterocycles. The van der Waals surface area contributed by atoms with E-state index in [-0.39, 0.29) is 12.0 Å². The zero-order valence-electron chi connectivity index (χ0n) is 7.21. The van der Waals surface area contributed by atoms with Crippen molar-refractivity contribution in [3.63, 3.8) is 0 Å². The number of aliphatic carboxylic acids is 1. The summed E-state index contributed by atoms with van der Waals surface area (Å²) in [7, 11) is 0. The smallest absolute Gasteiger partial charge is 0.331 e. The lowest BCUT2D eigenvalue weighted by molar-refractivity contribution is -0.132. The molecule has 1 saturated carbocycles. The van der Waals surface area contributed by atoms with Crippen molar-refractivity contribution < 1.29 is 15.0 Å². The van der Waals surface area contributed by atoms with Gasteiger partial charge in [0.1, 0.15) is 0 Å². The maximum Gasteiger partial charge on any atom is 0.331 e. The first-order valence-corrected chi connectivity index (χ1v) is 4.19. The predicted octanol–water partition coefficient (Wildman–Crippen LogP) is 1.18. The first-order valence-electron chi connectivity index (χ1n) is 4.19. The zero-order chi connectivity index (χ0) is 9.19. The molecule has 68 valence electrons. The monoisotopic (exact) mass is 170 g/mol. The van der Waals surface area contributed by atoms with E-state index in [4.69, 9.17) is 10.2 Å². The van der Waals surface area contributed by atoms with E-state index in [1.54, 1.807) is 6.08 Å². The molecule has 0 bridgehead atoms. The van der Waals surface area contributed by atoms with Crippen molar-refractivity contribution in [2.45, 2.75) is 26.2 Å². The third-order valence-corrected chi connectivity index (χ3v) is 2.34. The third-order valence-electron chi connectivity index (χ3n) is 2.34. The Kier molecular flexibility index (Phi) is 2.52. The maximum absolute atomic E-state index is 10.6. The second-order valence-electron chi connectivity index (χ2n) is 3.35. The second-order valence-corrected chi connectivity index (χ2v) is 3.35. The van der Waals surface area contributed by atoms with Gasteiger partial charge in [0, 0.05) is 11.0 Å². The molecule has 0 spiro atoms.